The molecule has 0 unspecified atom stereocenters. The van der Waals surface area contributed by atoms with Crippen LogP contribution >= 0.6 is 0 Å². The fourth-order valence-electron chi connectivity index (χ4n) is 1.93. The van der Waals surface area contributed by atoms with Crippen molar-refractivity contribution < 1.29 is 22.7 Å². The maximum absolute atomic E-state index is 12.6. The molecule has 0 aliphatic heterocycles. The number of hydrogen-bond donors (Lipinski definition) is 2. The highest BCUT2D eigenvalue weighted by molar-refractivity contribution is 5.84. The molecule has 8 heteroatoms. The van der Waals surface area contributed by atoms with Crippen LogP contribution < -0.4 is 15.5 Å². The smallest absolute Gasteiger partial charge is 0.416 e. The number of anilines is 1. The summed E-state index contributed by atoms with van der Waals surface area (Å²) >= 11 is 0. The monoisotopic (exact) mass is 351 g/mol. The minimum absolute atomic E-state index is 0.196. The molecule has 0 spiro atoms. The first-order valence-corrected chi connectivity index (χ1v) is 7.25. The molecule has 25 heavy (non-hydrogen) atoms. The molecule has 2 N–H and O–H groups in total. The number of ether oxygens (including phenoxy) is 1. The molecule has 0 saturated heterocycles. The molecule has 0 aromatic heterocycles. The molecule has 0 bridgehead atoms. The van der Waals surface area contributed by atoms with Crippen LogP contribution in [0.25, 0.3) is 0 Å². The summed E-state index contributed by atoms with van der Waals surface area (Å²) in [7, 11) is 1.54. The molecule has 5 nitrogen and oxygen atoms in total. The van der Waals surface area contributed by atoms with E-state index in [-0.39, 0.29) is 12.2 Å². The van der Waals surface area contributed by atoms with Crippen molar-refractivity contribution in [1.29, 1.82) is 0 Å². The lowest BCUT2D eigenvalue weighted by atomic mass is 10.2. The molecule has 0 aliphatic rings. The van der Waals surface area contributed by atoms with Gasteiger partial charge < -0.3 is 10.1 Å². The van der Waals surface area contributed by atoms with Gasteiger partial charge in [-0.05, 0) is 35.9 Å². The quantitative estimate of drug-likeness (QED) is 0.620. The predicted octanol–water partition coefficient (Wildman–Crippen LogP) is 3.28. The van der Waals surface area contributed by atoms with Gasteiger partial charge in [0.05, 0.1) is 25.4 Å². The highest BCUT2D eigenvalue weighted by atomic mass is 19.4. The third-order valence-electron chi connectivity index (χ3n) is 3.14. The first kappa shape index (κ1) is 18.3. The summed E-state index contributed by atoms with van der Waals surface area (Å²) in [5.74, 6) is 0.165. The minimum Gasteiger partial charge on any atom is -0.497 e. The summed E-state index contributed by atoms with van der Waals surface area (Å²) in [6.07, 6.45) is -2.99. The Balaban J connectivity index is 1.85. The first-order valence-electron chi connectivity index (χ1n) is 7.25. The van der Waals surface area contributed by atoms with E-state index in [1.54, 1.807) is 24.3 Å². The molecule has 132 valence electrons. The van der Waals surface area contributed by atoms with Gasteiger partial charge in [-0.15, -0.1) is 0 Å². The van der Waals surface area contributed by atoms with Crippen molar-refractivity contribution in [2.24, 2.45) is 5.10 Å². The molecule has 2 aromatic rings. The SMILES string of the molecule is COc1cccc(/C=N\NC(=O)CNc2cccc(C(F)(F)F)c2)c1. The standard InChI is InChI=1S/C17H16F3N3O2/c1-25-15-7-2-4-12(8-15)10-22-23-16(24)11-21-14-6-3-5-13(9-14)17(18,19)20/h2-10,21H,11H2,1H3,(H,23,24)/b22-10-. The molecule has 0 atom stereocenters. The van der Waals surface area contributed by atoms with E-state index < -0.39 is 17.6 Å². The third-order valence-corrected chi connectivity index (χ3v) is 3.14. The van der Waals surface area contributed by atoms with Crippen molar-refractivity contribution in [3.63, 3.8) is 0 Å². The average Bonchev–Trinajstić information content (AvgIpc) is 2.60. The summed E-state index contributed by atoms with van der Waals surface area (Å²) in [6, 6.07) is 11.7. The van der Waals surface area contributed by atoms with Crippen LogP contribution in [0.2, 0.25) is 0 Å². The number of amides is 1. The van der Waals surface area contributed by atoms with Gasteiger partial charge in [0, 0.05) is 5.69 Å². The Hall–Kier alpha value is -3.03. The van der Waals surface area contributed by atoms with Gasteiger partial charge in [0.25, 0.3) is 5.91 Å². The van der Waals surface area contributed by atoms with Crippen molar-refractivity contribution in [3.05, 3.63) is 59.7 Å². The van der Waals surface area contributed by atoms with E-state index >= 15 is 0 Å². The normalized spacial score (nSPS) is 11.4. The van der Waals surface area contributed by atoms with Gasteiger partial charge in [-0.25, -0.2) is 5.43 Å². The van der Waals surface area contributed by atoms with Crippen LogP contribution in [-0.2, 0) is 11.0 Å². The predicted molar refractivity (Wildman–Crippen MR) is 88.7 cm³/mol. The van der Waals surface area contributed by atoms with Gasteiger partial charge in [0.1, 0.15) is 5.75 Å². The van der Waals surface area contributed by atoms with Crippen LogP contribution in [0.4, 0.5) is 18.9 Å². The molecule has 1 amide bonds. The van der Waals surface area contributed by atoms with Crippen LogP contribution in [0.15, 0.2) is 53.6 Å². The maximum atomic E-state index is 12.6. The summed E-state index contributed by atoms with van der Waals surface area (Å²) in [5, 5.41) is 6.40. The number of benzene rings is 2. The van der Waals surface area contributed by atoms with Gasteiger partial charge >= 0.3 is 6.18 Å². The van der Waals surface area contributed by atoms with E-state index in [0.717, 1.165) is 17.7 Å². The number of carbonyl (C=O) groups is 1. The van der Waals surface area contributed by atoms with E-state index in [1.165, 1.54) is 25.5 Å². The van der Waals surface area contributed by atoms with Crippen LogP contribution in [0.5, 0.6) is 5.75 Å². The molecule has 0 aliphatic carbocycles. The van der Waals surface area contributed by atoms with Gasteiger partial charge in [0.2, 0.25) is 0 Å². The van der Waals surface area contributed by atoms with Crippen LogP contribution in [0, 0.1) is 0 Å². The van der Waals surface area contributed by atoms with E-state index in [1.807, 2.05) is 0 Å². The number of hydrazone groups is 1. The third kappa shape index (κ3) is 5.83. The van der Waals surface area contributed by atoms with Crippen LogP contribution in [0.1, 0.15) is 11.1 Å². The molecular weight excluding hydrogens is 335 g/mol. The number of methoxy groups -OCH3 is 1. The summed E-state index contributed by atoms with van der Waals surface area (Å²) in [6.45, 7) is -0.212. The maximum Gasteiger partial charge on any atom is 0.416 e. The zero-order valence-corrected chi connectivity index (χ0v) is 13.3. The zero-order chi connectivity index (χ0) is 18.3. The Morgan fingerprint density at radius 3 is 2.68 bits per heavy atom. The van der Waals surface area contributed by atoms with Gasteiger partial charge in [0.15, 0.2) is 0 Å². The van der Waals surface area contributed by atoms with Crippen LogP contribution in [-0.4, -0.2) is 25.8 Å². The summed E-state index contributed by atoms with van der Waals surface area (Å²) < 4.78 is 42.9. The Labute approximate surface area is 142 Å². The number of nitrogens with zero attached hydrogens (tertiary/aromatic N) is 1. The second-order valence-corrected chi connectivity index (χ2v) is 5.00. The van der Waals surface area contributed by atoms with Crippen LogP contribution in [0.3, 0.4) is 0 Å². The largest absolute Gasteiger partial charge is 0.497 e. The number of alkyl halides is 3. The molecular formula is C17H16F3N3O2. The number of nitrogens with one attached hydrogen (secondary N) is 2. The van der Waals surface area contributed by atoms with Crippen molar-refractivity contribution in [2.45, 2.75) is 6.18 Å². The number of rotatable bonds is 6. The van der Waals surface area contributed by atoms with Gasteiger partial charge in [-0.1, -0.05) is 18.2 Å². The Morgan fingerprint density at radius 2 is 1.96 bits per heavy atom. The zero-order valence-electron chi connectivity index (χ0n) is 13.3. The van der Waals surface area contributed by atoms with E-state index in [9.17, 15) is 18.0 Å². The molecule has 0 heterocycles. The van der Waals surface area contributed by atoms with Gasteiger partial charge in [-0.2, -0.15) is 18.3 Å². The van der Waals surface area contributed by atoms with Crippen molar-refractivity contribution >= 4 is 17.8 Å². The van der Waals surface area contributed by atoms with E-state index in [0.29, 0.717) is 5.75 Å². The Kier molecular flexibility index (Phi) is 5.99. The summed E-state index contributed by atoms with van der Waals surface area (Å²) in [5.41, 5.74) is 2.43. The second kappa shape index (κ2) is 8.18. The molecule has 0 fully saturated rings. The minimum atomic E-state index is -4.43. The number of halogens is 3. The topological polar surface area (TPSA) is 62.7 Å². The lowest BCUT2D eigenvalue weighted by Crippen LogP contribution is -2.26. The van der Waals surface area contributed by atoms with Crippen molar-refractivity contribution in [1.82, 2.24) is 5.43 Å². The van der Waals surface area contributed by atoms with Crippen molar-refractivity contribution in [3.8, 4) is 5.75 Å². The van der Waals surface area contributed by atoms with E-state index in [4.69, 9.17) is 4.74 Å². The molecule has 0 radical (unpaired) electrons. The first-order chi connectivity index (χ1) is 11.9. The fourth-order valence-corrected chi connectivity index (χ4v) is 1.93. The van der Waals surface area contributed by atoms with Crippen molar-refractivity contribution in [2.75, 3.05) is 19.0 Å². The highest BCUT2D eigenvalue weighted by Gasteiger charge is 2.30. The molecule has 2 rings (SSSR count). The lowest BCUT2D eigenvalue weighted by Gasteiger charge is -2.10. The number of hydrogen-bond acceptors (Lipinski definition) is 4. The van der Waals surface area contributed by atoms with E-state index in [2.05, 4.69) is 15.8 Å². The van der Waals surface area contributed by atoms with Gasteiger partial charge in [-0.3, -0.25) is 4.79 Å². The second-order valence-electron chi connectivity index (χ2n) is 5.00. The lowest BCUT2D eigenvalue weighted by molar-refractivity contribution is -0.137. The average molecular weight is 351 g/mol. The Bertz CT molecular complexity index is 761. The number of carbonyl (C=O) groups excluding carboxylic acids is 1. The Morgan fingerprint density at radius 1 is 1.20 bits per heavy atom. The fraction of sp³-hybridized carbons (Fsp3) is 0.176. The molecule has 0 saturated carbocycles. The molecule has 2 aromatic carbocycles. The summed E-state index contributed by atoms with van der Waals surface area (Å²) in [4.78, 5) is 11.7. The highest BCUT2D eigenvalue weighted by Crippen LogP contribution is 2.30.